The van der Waals surface area contributed by atoms with Gasteiger partial charge in [-0.3, -0.25) is 4.79 Å². The molecule has 5 nitrogen and oxygen atoms in total. The van der Waals surface area contributed by atoms with Crippen molar-refractivity contribution in [2.24, 2.45) is 5.92 Å². The minimum absolute atomic E-state index is 0.253. The van der Waals surface area contributed by atoms with Gasteiger partial charge in [0.15, 0.2) is 0 Å². The molecule has 82 valence electrons. The highest BCUT2D eigenvalue weighted by atomic mass is 16.1. The second-order valence-corrected chi connectivity index (χ2v) is 4.06. The van der Waals surface area contributed by atoms with Gasteiger partial charge in [0.1, 0.15) is 5.69 Å². The van der Waals surface area contributed by atoms with E-state index in [9.17, 15) is 4.79 Å². The Morgan fingerprint density at radius 2 is 2.47 bits per heavy atom. The van der Waals surface area contributed by atoms with Crippen LogP contribution in [0.5, 0.6) is 0 Å². The summed E-state index contributed by atoms with van der Waals surface area (Å²) in [5.74, 6) is 0.608. The molecule has 4 N–H and O–H groups in total. The summed E-state index contributed by atoms with van der Waals surface area (Å²) < 4.78 is 0. The number of nitrogens with two attached hydrogens (primary N) is 1. The summed E-state index contributed by atoms with van der Waals surface area (Å²) in [5.41, 5.74) is 6.35. The number of nitrogens with zero attached hydrogens (tertiary/aromatic N) is 1. The standard InChI is InChI=1S/C10H16N4O/c11-9-5-8(13-14-10(9)15)4-7-2-1-3-12-6-7/h5,7,12H,1-4,6H2,(H2,11,13)(H,14,15). The Morgan fingerprint density at radius 3 is 3.13 bits per heavy atom. The number of aromatic nitrogens is 2. The Morgan fingerprint density at radius 1 is 1.60 bits per heavy atom. The molecule has 2 rings (SSSR count). The summed E-state index contributed by atoms with van der Waals surface area (Å²) in [4.78, 5) is 11.0. The molecule has 1 aromatic rings. The summed E-state index contributed by atoms with van der Waals surface area (Å²) in [6, 6.07) is 1.67. The summed E-state index contributed by atoms with van der Waals surface area (Å²) in [7, 11) is 0. The van der Waals surface area contributed by atoms with Gasteiger partial charge in [0.2, 0.25) is 0 Å². The molecule has 0 amide bonds. The van der Waals surface area contributed by atoms with Crippen molar-refractivity contribution in [2.75, 3.05) is 18.8 Å². The third kappa shape index (κ3) is 2.56. The van der Waals surface area contributed by atoms with Gasteiger partial charge in [-0.15, -0.1) is 0 Å². The van der Waals surface area contributed by atoms with Crippen molar-refractivity contribution in [1.29, 1.82) is 0 Å². The number of H-pyrrole nitrogens is 1. The molecule has 0 bridgehead atoms. The predicted octanol–water partition coefficient (Wildman–Crippen LogP) is -0.106. The van der Waals surface area contributed by atoms with E-state index in [0.717, 1.165) is 25.2 Å². The first kappa shape index (κ1) is 10.2. The second kappa shape index (κ2) is 4.44. The van der Waals surface area contributed by atoms with E-state index >= 15 is 0 Å². The predicted molar refractivity (Wildman–Crippen MR) is 58.6 cm³/mol. The lowest BCUT2D eigenvalue weighted by Crippen LogP contribution is -2.31. The molecule has 1 aliphatic heterocycles. The fraction of sp³-hybridized carbons (Fsp3) is 0.600. The van der Waals surface area contributed by atoms with Crippen molar-refractivity contribution < 1.29 is 0 Å². The van der Waals surface area contributed by atoms with Crippen molar-refractivity contribution in [3.63, 3.8) is 0 Å². The van der Waals surface area contributed by atoms with E-state index in [2.05, 4.69) is 15.5 Å². The minimum Gasteiger partial charge on any atom is -0.394 e. The van der Waals surface area contributed by atoms with Gasteiger partial charge < -0.3 is 11.1 Å². The van der Waals surface area contributed by atoms with Crippen LogP contribution < -0.4 is 16.6 Å². The number of hydrogen-bond donors (Lipinski definition) is 3. The zero-order chi connectivity index (χ0) is 10.7. The van der Waals surface area contributed by atoms with E-state index in [1.165, 1.54) is 12.8 Å². The topological polar surface area (TPSA) is 83.8 Å². The first-order valence-corrected chi connectivity index (χ1v) is 5.30. The molecule has 2 heterocycles. The largest absolute Gasteiger partial charge is 0.394 e. The van der Waals surface area contributed by atoms with Crippen molar-refractivity contribution in [1.82, 2.24) is 15.5 Å². The number of rotatable bonds is 2. The SMILES string of the molecule is Nc1cc(CC2CCCNC2)n[nH]c1=O. The molecule has 1 unspecified atom stereocenters. The smallest absolute Gasteiger partial charge is 0.287 e. The summed E-state index contributed by atoms with van der Waals surface area (Å²) in [6.07, 6.45) is 3.31. The van der Waals surface area contributed by atoms with Gasteiger partial charge in [-0.1, -0.05) is 0 Å². The lowest BCUT2D eigenvalue weighted by Gasteiger charge is -2.22. The Kier molecular flexibility index (Phi) is 3.01. The van der Waals surface area contributed by atoms with Crippen molar-refractivity contribution in [2.45, 2.75) is 19.3 Å². The minimum atomic E-state index is -0.305. The summed E-state index contributed by atoms with van der Waals surface area (Å²) >= 11 is 0. The van der Waals surface area contributed by atoms with E-state index < -0.39 is 0 Å². The molecule has 1 aromatic heterocycles. The van der Waals surface area contributed by atoms with Gasteiger partial charge in [0.25, 0.3) is 5.56 Å². The first-order valence-electron chi connectivity index (χ1n) is 5.30. The van der Waals surface area contributed by atoms with Crippen LogP contribution in [0, 0.1) is 5.92 Å². The second-order valence-electron chi connectivity index (χ2n) is 4.06. The molecule has 0 saturated carbocycles. The lowest BCUT2D eigenvalue weighted by molar-refractivity contribution is 0.372. The fourth-order valence-corrected chi connectivity index (χ4v) is 1.96. The molecule has 0 aromatic carbocycles. The number of nitrogens with one attached hydrogen (secondary N) is 2. The number of hydrogen-bond acceptors (Lipinski definition) is 4. The van der Waals surface area contributed by atoms with E-state index in [1.54, 1.807) is 6.07 Å². The van der Waals surface area contributed by atoms with Gasteiger partial charge in [-0.2, -0.15) is 5.10 Å². The first-order chi connectivity index (χ1) is 7.25. The van der Waals surface area contributed by atoms with Gasteiger partial charge in [0, 0.05) is 0 Å². The molecule has 0 aliphatic carbocycles. The monoisotopic (exact) mass is 208 g/mol. The van der Waals surface area contributed by atoms with Gasteiger partial charge >= 0.3 is 0 Å². The van der Waals surface area contributed by atoms with Crippen LogP contribution in [0.3, 0.4) is 0 Å². The maximum Gasteiger partial charge on any atom is 0.287 e. The Balaban J connectivity index is 2.03. The Hall–Kier alpha value is -1.36. The maximum atomic E-state index is 11.0. The van der Waals surface area contributed by atoms with E-state index in [1.807, 2.05) is 0 Å². The van der Waals surface area contributed by atoms with Crippen molar-refractivity contribution >= 4 is 5.69 Å². The molecule has 0 spiro atoms. The van der Waals surface area contributed by atoms with Crippen LogP contribution in [0.1, 0.15) is 18.5 Å². The summed E-state index contributed by atoms with van der Waals surface area (Å²) in [5, 5.41) is 9.74. The molecule has 1 atom stereocenters. The molecule has 1 saturated heterocycles. The third-order valence-corrected chi connectivity index (χ3v) is 2.78. The van der Waals surface area contributed by atoms with Crippen LogP contribution in [-0.2, 0) is 6.42 Å². The van der Waals surface area contributed by atoms with Crippen molar-refractivity contribution in [3.8, 4) is 0 Å². The third-order valence-electron chi connectivity index (χ3n) is 2.78. The molecular formula is C10H16N4O. The Labute approximate surface area is 88.1 Å². The number of aromatic amines is 1. The molecule has 1 aliphatic rings. The number of piperidine rings is 1. The van der Waals surface area contributed by atoms with Gasteiger partial charge in [-0.25, -0.2) is 5.10 Å². The van der Waals surface area contributed by atoms with E-state index in [0.29, 0.717) is 5.92 Å². The van der Waals surface area contributed by atoms with Gasteiger partial charge in [0.05, 0.1) is 5.69 Å². The molecule has 1 fully saturated rings. The maximum absolute atomic E-state index is 11.0. The molecule has 0 radical (unpaired) electrons. The highest BCUT2D eigenvalue weighted by molar-refractivity contribution is 5.34. The zero-order valence-corrected chi connectivity index (χ0v) is 8.62. The van der Waals surface area contributed by atoms with Gasteiger partial charge in [-0.05, 0) is 44.3 Å². The zero-order valence-electron chi connectivity index (χ0n) is 8.62. The normalized spacial score (nSPS) is 21.5. The molecule has 5 heteroatoms. The fourth-order valence-electron chi connectivity index (χ4n) is 1.96. The van der Waals surface area contributed by atoms with Crippen LogP contribution in [0.2, 0.25) is 0 Å². The van der Waals surface area contributed by atoms with Crippen LogP contribution >= 0.6 is 0 Å². The van der Waals surface area contributed by atoms with Crippen LogP contribution in [0.15, 0.2) is 10.9 Å². The number of nitrogen functional groups attached to an aromatic ring is 1. The lowest BCUT2D eigenvalue weighted by atomic mass is 9.94. The van der Waals surface area contributed by atoms with Crippen molar-refractivity contribution in [3.05, 3.63) is 22.1 Å². The Bertz CT molecular complexity index is 381. The highest BCUT2D eigenvalue weighted by Gasteiger charge is 2.14. The quantitative estimate of drug-likeness (QED) is 0.633. The van der Waals surface area contributed by atoms with E-state index in [-0.39, 0.29) is 11.2 Å². The molecular weight excluding hydrogens is 192 g/mol. The summed E-state index contributed by atoms with van der Waals surface area (Å²) in [6.45, 7) is 2.14. The van der Waals surface area contributed by atoms with E-state index in [4.69, 9.17) is 5.73 Å². The average Bonchev–Trinajstić information content (AvgIpc) is 2.25. The molecule has 15 heavy (non-hydrogen) atoms. The van der Waals surface area contributed by atoms with Crippen LogP contribution in [0.25, 0.3) is 0 Å². The van der Waals surface area contributed by atoms with Crippen LogP contribution in [-0.4, -0.2) is 23.3 Å². The average molecular weight is 208 g/mol. The number of anilines is 1. The highest BCUT2D eigenvalue weighted by Crippen LogP contribution is 2.14. The van der Waals surface area contributed by atoms with Crippen LogP contribution in [0.4, 0.5) is 5.69 Å².